The average Bonchev–Trinajstić information content (AvgIpc) is 3.37. The summed E-state index contributed by atoms with van der Waals surface area (Å²) in [7, 11) is 5.13. The molecule has 76 heavy (non-hydrogen) atoms. The summed E-state index contributed by atoms with van der Waals surface area (Å²) in [6.07, 6.45) is -8.60. The van der Waals surface area contributed by atoms with Crippen molar-refractivity contribution in [3.63, 3.8) is 0 Å². The molecule has 1 aromatic heterocycles. The number of rotatable bonds is 20. The summed E-state index contributed by atoms with van der Waals surface area (Å²) in [5.41, 5.74) is -3.48. The van der Waals surface area contributed by atoms with Crippen LogP contribution in [-0.4, -0.2) is 196 Å². The van der Waals surface area contributed by atoms with Gasteiger partial charge in [-0.05, 0) is 105 Å². The van der Waals surface area contributed by atoms with E-state index < -0.39 is 114 Å². The molecule has 22 nitrogen and oxygen atoms in total. The van der Waals surface area contributed by atoms with Crippen molar-refractivity contribution < 1.29 is 83.0 Å². The van der Waals surface area contributed by atoms with E-state index in [-0.39, 0.29) is 49.1 Å². The summed E-state index contributed by atoms with van der Waals surface area (Å²) in [4.78, 5) is 53.9. The summed E-state index contributed by atoms with van der Waals surface area (Å²) >= 11 is 0. The van der Waals surface area contributed by atoms with E-state index in [9.17, 15) is 49.9 Å². The molecule has 0 radical (unpaired) electrons. The molecule has 430 valence electrons. The minimum Gasteiger partial charge on any atom is -0.477 e. The Morgan fingerprint density at radius 3 is 2.32 bits per heavy atom. The van der Waals surface area contributed by atoms with Crippen molar-refractivity contribution in [1.82, 2.24) is 14.8 Å². The summed E-state index contributed by atoms with van der Waals surface area (Å²) in [6, 6.07) is 5.14. The van der Waals surface area contributed by atoms with Crippen LogP contribution in [0.1, 0.15) is 117 Å². The van der Waals surface area contributed by atoms with E-state index in [1.807, 2.05) is 45.0 Å². The summed E-state index contributed by atoms with van der Waals surface area (Å²) in [5.74, 6) is -5.52. The molecule has 0 unspecified atom stereocenters. The van der Waals surface area contributed by atoms with Gasteiger partial charge in [-0.25, -0.2) is 4.79 Å². The van der Waals surface area contributed by atoms with Gasteiger partial charge < -0.3 is 83.4 Å². The maximum Gasteiger partial charge on any atom is 0.341 e. The van der Waals surface area contributed by atoms with Crippen LogP contribution in [0, 0.1) is 17.8 Å². The highest BCUT2D eigenvalue weighted by atomic mass is 16.7. The van der Waals surface area contributed by atoms with Crippen molar-refractivity contribution in [3.05, 3.63) is 45.7 Å². The third-order valence-electron chi connectivity index (χ3n) is 15.4. The molecule has 5 rings (SSSR count). The number of methoxy groups -OCH3 is 1. The molecule has 1 aromatic carbocycles. The van der Waals surface area contributed by atoms with Gasteiger partial charge in [0.2, 0.25) is 5.43 Å². The van der Waals surface area contributed by atoms with Gasteiger partial charge in [-0.1, -0.05) is 32.0 Å². The lowest BCUT2D eigenvalue weighted by molar-refractivity contribution is -0.311. The third kappa shape index (κ3) is 15.1. The fourth-order valence-electron chi connectivity index (χ4n) is 11.1. The highest BCUT2D eigenvalue weighted by Gasteiger charge is 2.53. The number of fused-ring (bicyclic) bond motifs is 1. The highest BCUT2D eigenvalue weighted by Crippen LogP contribution is 2.40. The molecule has 0 amide bonds. The number of aromatic nitrogens is 1. The topological polar surface area (TPSA) is 296 Å². The zero-order chi connectivity index (χ0) is 56.4. The number of ether oxygens (including phenoxy) is 8. The van der Waals surface area contributed by atoms with Gasteiger partial charge in [0.05, 0.1) is 60.2 Å². The molecule has 3 aliphatic heterocycles. The number of cyclic esters (lactones) is 1. The number of benzene rings is 1. The van der Waals surface area contributed by atoms with Gasteiger partial charge in [-0.3, -0.25) is 14.4 Å². The molecule has 22 heteroatoms. The number of likely N-dealkylation sites (N-methyl/N-ethyl adjacent to an activating group) is 1. The molecule has 3 saturated heterocycles. The smallest absolute Gasteiger partial charge is 0.341 e. The molecular formula is C54H86N4O18. The first-order valence-electron chi connectivity index (χ1n) is 26.7. The monoisotopic (exact) mass is 1080 g/mol. The number of pyridine rings is 1. The lowest BCUT2D eigenvalue weighted by Crippen LogP contribution is -2.60. The number of nitrogens with one attached hydrogen (secondary N) is 1. The zero-order valence-electron chi connectivity index (χ0n) is 46.4. The van der Waals surface area contributed by atoms with Crippen LogP contribution in [0.4, 0.5) is 0 Å². The molecule has 3 fully saturated rings. The Hall–Kier alpha value is -4.17. The summed E-state index contributed by atoms with van der Waals surface area (Å²) < 4.78 is 51.3. The molecule has 0 bridgehead atoms. The number of hydrogen-bond acceptors (Lipinski definition) is 20. The van der Waals surface area contributed by atoms with Gasteiger partial charge in [0, 0.05) is 69.2 Å². The van der Waals surface area contributed by atoms with Crippen LogP contribution in [0.3, 0.4) is 0 Å². The first-order chi connectivity index (χ1) is 35.8. The van der Waals surface area contributed by atoms with Crippen molar-refractivity contribution in [3.8, 4) is 0 Å². The minimum atomic E-state index is -2.15. The number of carbonyl (C=O) groups is 3. The van der Waals surface area contributed by atoms with Gasteiger partial charge in [-0.2, -0.15) is 0 Å². The quantitative estimate of drug-likeness (QED) is 0.0433. The number of aliphatic hydroxyl groups excluding tert-OH is 2. The van der Waals surface area contributed by atoms with E-state index in [1.165, 1.54) is 27.2 Å². The van der Waals surface area contributed by atoms with Crippen LogP contribution in [0.5, 0.6) is 0 Å². The zero-order valence-corrected chi connectivity index (χ0v) is 46.4. The predicted molar refractivity (Wildman–Crippen MR) is 278 cm³/mol. The van der Waals surface area contributed by atoms with Crippen molar-refractivity contribution in [1.29, 1.82) is 0 Å². The fraction of sp³-hybridized carbons (Fsp3) is 0.759. The number of hydrogen-bond donors (Lipinski definition) is 7. The number of carbonyl (C=O) groups excluding carboxylic acids is 2. The van der Waals surface area contributed by atoms with Crippen LogP contribution in [-0.2, 0) is 60.4 Å². The number of carboxylic acids is 1. The molecule has 2 aromatic rings. The summed E-state index contributed by atoms with van der Waals surface area (Å²) in [6.45, 7) is 16.9. The first-order valence-corrected chi connectivity index (χ1v) is 26.7. The summed E-state index contributed by atoms with van der Waals surface area (Å²) in [5, 5.41) is 74.2. The normalized spacial score (nSPS) is 35.6. The van der Waals surface area contributed by atoms with Crippen molar-refractivity contribution in [2.75, 3.05) is 47.5 Å². The Kier molecular flexibility index (Phi) is 22.8. The fourth-order valence-corrected chi connectivity index (χ4v) is 11.1. The lowest BCUT2D eigenvalue weighted by Gasteiger charge is -2.47. The number of esters is 2. The van der Waals surface area contributed by atoms with E-state index in [1.54, 1.807) is 45.3 Å². The van der Waals surface area contributed by atoms with Crippen LogP contribution in [0.2, 0.25) is 0 Å². The second-order valence-corrected chi connectivity index (χ2v) is 21.6. The molecular weight excluding hydrogens is 993 g/mol. The second-order valence-electron chi connectivity index (χ2n) is 21.6. The SMILES string of the molecule is CC[C@H]1OC(=O)[C@H](C)[C@@H](O[C@H]2C[C@@H](OC)[C@@H](OC(=O)CCNCCOCCCc3ccc4c(c3)c(=O)c(C(=O)O)cn4CC)[C@H](C)O2)[C@H](C)[C@@H](O[C@H]2O[C@@H](C)C[C@H](N(C)C)[C@H]2O)[C@](C)(O)C[C@@H](C)/C(=N\O)[C@@H](O)[C@]1(C)O. The Morgan fingerprint density at radius 1 is 0.974 bits per heavy atom. The molecule has 0 saturated carbocycles. The number of aliphatic hydroxyl groups is 4. The largest absolute Gasteiger partial charge is 0.477 e. The molecule has 3 aliphatic rings. The van der Waals surface area contributed by atoms with E-state index in [0.29, 0.717) is 63.0 Å². The number of nitrogens with zero attached hydrogens (tertiary/aromatic N) is 3. The number of aryl methyl sites for hydroxylation is 2. The standard InChI is InChI=1S/C54H86N4O18/c1-13-40-54(9,67)48(62)43(56-68)29(3)27-53(8,66)49(76-52-45(61)38(57(10)11)24-30(4)71-52)31(5)46(32(6)51(65)73-40)75-42-26-39(69-12)47(33(7)72-42)74-41(59)19-20-55-21-23-70-22-15-16-34-17-18-37-35(25-34)44(60)36(50(63)64)28-58(37)14-2/h17-18,25,28-33,38-40,42,45-49,52,55,61-62,66-68H,13-16,19-24,26-27H2,1-12H3,(H,63,64)/b56-43+/t29-,30+,31+,32-,33+,38+,39-,40-,42+,45-,46+,47+,48-,49-,52-,53-,54-/m1/s1. The van der Waals surface area contributed by atoms with Gasteiger partial charge in [-0.15, -0.1) is 0 Å². The van der Waals surface area contributed by atoms with Crippen LogP contribution in [0.25, 0.3) is 10.9 Å². The Balaban J connectivity index is 1.23. The van der Waals surface area contributed by atoms with E-state index in [0.717, 1.165) is 5.56 Å². The van der Waals surface area contributed by atoms with E-state index in [2.05, 4.69) is 10.5 Å². The Labute approximate surface area is 445 Å². The molecule has 0 aliphatic carbocycles. The first kappa shape index (κ1) is 62.7. The number of aromatic carboxylic acids is 1. The average molecular weight is 1080 g/mol. The van der Waals surface area contributed by atoms with Crippen molar-refractivity contribution in [2.45, 2.75) is 199 Å². The van der Waals surface area contributed by atoms with Crippen LogP contribution >= 0.6 is 0 Å². The highest BCUT2D eigenvalue weighted by molar-refractivity contribution is 5.93. The van der Waals surface area contributed by atoms with Crippen LogP contribution in [0.15, 0.2) is 34.3 Å². The molecule has 0 spiro atoms. The second kappa shape index (κ2) is 27.6. The molecule has 17 atom stereocenters. The Bertz CT molecular complexity index is 2330. The maximum absolute atomic E-state index is 14.3. The number of oxime groups is 1. The Morgan fingerprint density at radius 2 is 1.68 bits per heavy atom. The lowest BCUT2D eigenvalue weighted by atomic mass is 9.75. The molecule has 4 heterocycles. The van der Waals surface area contributed by atoms with Gasteiger partial charge in [0.15, 0.2) is 18.7 Å². The van der Waals surface area contributed by atoms with Gasteiger partial charge in [0.25, 0.3) is 0 Å². The van der Waals surface area contributed by atoms with E-state index in [4.69, 9.17) is 37.9 Å². The van der Waals surface area contributed by atoms with Crippen molar-refractivity contribution in [2.24, 2.45) is 22.9 Å². The van der Waals surface area contributed by atoms with E-state index >= 15 is 0 Å². The third-order valence-corrected chi connectivity index (χ3v) is 15.4. The van der Waals surface area contributed by atoms with Gasteiger partial charge in [0.1, 0.15) is 35.6 Å². The molecule has 7 N–H and O–H groups in total. The van der Waals surface area contributed by atoms with Crippen molar-refractivity contribution >= 4 is 34.5 Å². The minimum absolute atomic E-state index is 0.0335. The maximum atomic E-state index is 14.3. The van der Waals surface area contributed by atoms with Crippen LogP contribution < -0.4 is 10.7 Å². The van der Waals surface area contributed by atoms with Gasteiger partial charge >= 0.3 is 17.9 Å². The predicted octanol–water partition coefficient (Wildman–Crippen LogP) is 3.23. The number of carboxylic acid groups (broad SMARTS) is 1.